The van der Waals surface area contributed by atoms with Crippen LogP contribution in [0.4, 0.5) is 0 Å². The van der Waals surface area contributed by atoms with E-state index in [-0.39, 0.29) is 5.41 Å². The summed E-state index contributed by atoms with van der Waals surface area (Å²) in [5.41, 5.74) is 1.30. The van der Waals surface area contributed by atoms with Gasteiger partial charge in [0.05, 0.1) is 0 Å². The Morgan fingerprint density at radius 3 is 2.47 bits per heavy atom. The maximum absolute atomic E-state index is 9.20. The molecule has 4 heteroatoms. The normalized spacial score (nSPS) is 11.5. The minimum Gasteiger partial charge on any atom is -0.234 e. The van der Waals surface area contributed by atoms with Crippen LogP contribution in [-0.4, -0.2) is 15.0 Å². The SMILES string of the molecule is CCCCCCn1nnc(C(C)(C)C)c1C#N. The molecule has 0 N–H and O–H groups in total. The highest BCUT2D eigenvalue weighted by Gasteiger charge is 2.24. The van der Waals surface area contributed by atoms with Crippen LogP contribution < -0.4 is 0 Å². The van der Waals surface area contributed by atoms with Crippen molar-refractivity contribution in [3.63, 3.8) is 0 Å². The fourth-order valence-electron chi connectivity index (χ4n) is 1.77. The molecule has 0 atom stereocenters. The molecule has 1 heterocycles. The number of aryl methyl sites for hydroxylation is 1. The first-order valence-corrected chi connectivity index (χ1v) is 6.34. The van der Waals surface area contributed by atoms with Gasteiger partial charge >= 0.3 is 0 Å². The number of hydrogen-bond acceptors (Lipinski definition) is 3. The van der Waals surface area contributed by atoms with Gasteiger partial charge in [-0.15, -0.1) is 5.10 Å². The van der Waals surface area contributed by atoms with Gasteiger partial charge in [-0.2, -0.15) is 5.26 Å². The minimum absolute atomic E-state index is 0.118. The molecule has 0 fully saturated rings. The molecule has 94 valence electrons. The number of nitriles is 1. The second-order valence-electron chi connectivity index (χ2n) is 5.43. The Hall–Kier alpha value is -1.37. The zero-order valence-corrected chi connectivity index (χ0v) is 11.3. The molecule has 0 spiro atoms. The second kappa shape index (κ2) is 5.81. The number of rotatable bonds is 5. The van der Waals surface area contributed by atoms with E-state index in [0.29, 0.717) is 5.69 Å². The van der Waals surface area contributed by atoms with E-state index in [1.165, 1.54) is 19.3 Å². The van der Waals surface area contributed by atoms with E-state index in [1.807, 2.05) is 0 Å². The average molecular weight is 234 g/mol. The van der Waals surface area contributed by atoms with Crippen LogP contribution in [0.25, 0.3) is 0 Å². The van der Waals surface area contributed by atoms with Crippen LogP contribution in [0.15, 0.2) is 0 Å². The van der Waals surface area contributed by atoms with Gasteiger partial charge in [-0.05, 0) is 6.42 Å². The lowest BCUT2D eigenvalue weighted by Gasteiger charge is -2.14. The molecule has 0 bridgehead atoms. The standard InChI is InChI=1S/C13H22N4/c1-5-6-7-8-9-17-11(10-14)12(15-16-17)13(2,3)4/h5-9H2,1-4H3. The Kier molecular flexibility index (Phi) is 4.68. The molecule has 0 saturated carbocycles. The van der Waals surface area contributed by atoms with Gasteiger partial charge in [0.15, 0.2) is 5.69 Å². The molecule has 17 heavy (non-hydrogen) atoms. The Morgan fingerprint density at radius 2 is 1.94 bits per heavy atom. The average Bonchev–Trinajstić information content (AvgIpc) is 2.67. The van der Waals surface area contributed by atoms with E-state index in [4.69, 9.17) is 0 Å². The first-order chi connectivity index (χ1) is 8.00. The Morgan fingerprint density at radius 1 is 1.24 bits per heavy atom. The molecule has 0 amide bonds. The second-order valence-corrected chi connectivity index (χ2v) is 5.43. The Bertz CT molecular complexity index is 393. The van der Waals surface area contributed by atoms with Crippen molar-refractivity contribution in [3.8, 4) is 6.07 Å². The molecule has 0 aliphatic heterocycles. The van der Waals surface area contributed by atoms with Crippen molar-refractivity contribution in [1.29, 1.82) is 5.26 Å². The third kappa shape index (κ3) is 3.55. The third-order valence-electron chi connectivity index (χ3n) is 2.77. The van der Waals surface area contributed by atoms with Crippen molar-refractivity contribution in [3.05, 3.63) is 11.4 Å². The van der Waals surface area contributed by atoms with E-state index in [1.54, 1.807) is 4.68 Å². The molecular weight excluding hydrogens is 212 g/mol. The van der Waals surface area contributed by atoms with Gasteiger partial charge in [-0.3, -0.25) is 0 Å². The van der Waals surface area contributed by atoms with Crippen molar-refractivity contribution >= 4 is 0 Å². The van der Waals surface area contributed by atoms with Crippen molar-refractivity contribution in [1.82, 2.24) is 15.0 Å². The van der Waals surface area contributed by atoms with Crippen molar-refractivity contribution in [2.45, 2.75) is 65.3 Å². The molecule has 4 nitrogen and oxygen atoms in total. The molecular formula is C13H22N4. The summed E-state index contributed by atoms with van der Waals surface area (Å²) in [7, 11) is 0. The van der Waals surface area contributed by atoms with Crippen molar-refractivity contribution in [2.24, 2.45) is 0 Å². The maximum atomic E-state index is 9.20. The maximum Gasteiger partial charge on any atom is 0.162 e. The van der Waals surface area contributed by atoms with Crippen LogP contribution in [0.5, 0.6) is 0 Å². The summed E-state index contributed by atoms with van der Waals surface area (Å²) in [6.45, 7) is 9.15. The quantitative estimate of drug-likeness (QED) is 0.736. The van der Waals surface area contributed by atoms with E-state index < -0.39 is 0 Å². The monoisotopic (exact) mass is 234 g/mol. The first kappa shape index (κ1) is 13.7. The Labute approximate surface area is 104 Å². The zero-order valence-electron chi connectivity index (χ0n) is 11.3. The molecule has 0 aromatic carbocycles. The van der Waals surface area contributed by atoms with Gasteiger partial charge in [0.2, 0.25) is 0 Å². The minimum atomic E-state index is -0.118. The molecule has 0 aliphatic carbocycles. The van der Waals surface area contributed by atoms with Crippen LogP contribution in [0, 0.1) is 11.3 Å². The van der Waals surface area contributed by atoms with E-state index >= 15 is 0 Å². The number of aromatic nitrogens is 3. The lowest BCUT2D eigenvalue weighted by Crippen LogP contribution is -2.14. The summed E-state index contributed by atoms with van der Waals surface area (Å²) < 4.78 is 1.75. The largest absolute Gasteiger partial charge is 0.234 e. The molecule has 1 rings (SSSR count). The van der Waals surface area contributed by atoms with E-state index in [2.05, 4.69) is 44.1 Å². The zero-order chi connectivity index (χ0) is 12.9. The summed E-state index contributed by atoms with van der Waals surface area (Å²) in [6, 6.07) is 2.23. The lowest BCUT2D eigenvalue weighted by molar-refractivity contribution is 0.524. The lowest BCUT2D eigenvalue weighted by atomic mass is 9.91. The van der Waals surface area contributed by atoms with Crippen LogP contribution in [-0.2, 0) is 12.0 Å². The smallest absolute Gasteiger partial charge is 0.162 e. The van der Waals surface area contributed by atoms with E-state index in [0.717, 1.165) is 18.7 Å². The molecule has 0 unspecified atom stereocenters. The van der Waals surface area contributed by atoms with Gasteiger partial charge < -0.3 is 0 Å². The molecule has 1 aromatic heterocycles. The number of nitrogens with zero attached hydrogens (tertiary/aromatic N) is 4. The predicted octanol–water partition coefficient (Wildman–Crippen LogP) is 3.03. The van der Waals surface area contributed by atoms with Crippen LogP contribution in [0.2, 0.25) is 0 Å². The summed E-state index contributed by atoms with van der Waals surface area (Å²) in [5.74, 6) is 0. The highest BCUT2D eigenvalue weighted by Crippen LogP contribution is 2.23. The van der Waals surface area contributed by atoms with Gasteiger partial charge in [0.1, 0.15) is 11.8 Å². The number of unbranched alkanes of at least 4 members (excludes halogenated alkanes) is 3. The highest BCUT2D eigenvalue weighted by atomic mass is 15.4. The van der Waals surface area contributed by atoms with E-state index in [9.17, 15) is 5.26 Å². The molecule has 1 aromatic rings. The summed E-state index contributed by atoms with van der Waals surface area (Å²) in [5, 5.41) is 17.4. The Balaban J connectivity index is 2.75. The number of hydrogen-bond donors (Lipinski definition) is 0. The molecule has 0 radical (unpaired) electrons. The predicted molar refractivity (Wildman–Crippen MR) is 67.6 cm³/mol. The first-order valence-electron chi connectivity index (χ1n) is 6.34. The van der Waals surface area contributed by atoms with Gasteiger partial charge in [-0.1, -0.05) is 52.2 Å². The summed E-state index contributed by atoms with van der Waals surface area (Å²) >= 11 is 0. The highest BCUT2D eigenvalue weighted by molar-refractivity contribution is 5.30. The molecule has 0 saturated heterocycles. The van der Waals surface area contributed by atoms with Gasteiger partial charge in [0, 0.05) is 12.0 Å². The fraction of sp³-hybridized carbons (Fsp3) is 0.769. The fourth-order valence-corrected chi connectivity index (χ4v) is 1.77. The van der Waals surface area contributed by atoms with Crippen LogP contribution in [0.1, 0.15) is 64.8 Å². The van der Waals surface area contributed by atoms with Crippen molar-refractivity contribution in [2.75, 3.05) is 0 Å². The summed E-state index contributed by atoms with van der Waals surface area (Å²) in [6.07, 6.45) is 4.71. The molecule has 0 aliphatic rings. The third-order valence-corrected chi connectivity index (χ3v) is 2.77. The van der Waals surface area contributed by atoms with Gasteiger partial charge in [0.25, 0.3) is 0 Å². The van der Waals surface area contributed by atoms with Crippen LogP contribution >= 0.6 is 0 Å². The van der Waals surface area contributed by atoms with Crippen molar-refractivity contribution < 1.29 is 0 Å². The summed E-state index contributed by atoms with van der Waals surface area (Å²) in [4.78, 5) is 0. The van der Waals surface area contributed by atoms with Crippen LogP contribution in [0.3, 0.4) is 0 Å². The topological polar surface area (TPSA) is 54.5 Å². The van der Waals surface area contributed by atoms with Gasteiger partial charge in [-0.25, -0.2) is 4.68 Å².